The topological polar surface area (TPSA) is 39.2 Å². The molecule has 0 unspecified atom stereocenters. The van der Waals surface area contributed by atoms with E-state index in [2.05, 4.69) is 9.72 Å². The van der Waals surface area contributed by atoms with Crippen molar-refractivity contribution in [1.82, 2.24) is 4.98 Å². The first-order chi connectivity index (χ1) is 6.93. The van der Waals surface area contributed by atoms with Gasteiger partial charge in [0.05, 0.1) is 5.56 Å². The summed E-state index contributed by atoms with van der Waals surface area (Å²) in [6.07, 6.45) is -3.67. The van der Waals surface area contributed by atoms with Gasteiger partial charge in [0, 0.05) is 18.7 Å². The molecule has 0 aliphatic rings. The smallest absolute Gasteiger partial charge is 0.407 e. The van der Waals surface area contributed by atoms with Crippen LogP contribution in [-0.2, 0) is 11.0 Å². The van der Waals surface area contributed by atoms with Crippen molar-refractivity contribution < 1.29 is 22.7 Å². The van der Waals surface area contributed by atoms with Gasteiger partial charge in [0.15, 0.2) is 0 Å². The van der Waals surface area contributed by atoms with Gasteiger partial charge in [-0.25, -0.2) is 4.98 Å². The molecule has 1 aromatic heterocycles. The molecule has 1 heterocycles. The van der Waals surface area contributed by atoms with Crippen LogP contribution in [0.4, 0.5) is 13.2 Å². The van der Waals surface area contributed by atoms with Crippen molar-refractivity contribution in [3.05, 3.63) is 23.9 Å². The van der Waals surface area contributed by atoms with Crippen molar-refractivity contribution in [2.45, 2.75) is 19.5 Å². The third-order valence-corrected chi connectivity index (χ3v) is 1.57. The molecule has 0 saturated carbocycles. The predicted molar refractivity (Wildman–Crippen MR) is 45.2 cm³/mol. The van der Waals surface area contributed by atoms with E-state index in [0.717, 1.165) is 12.1 Å². The van der Waals surface area contributed by atoms with Gasteiger partial charge in [-0.1, -0.05) is 6.92 Å². The fraction of sp³-hybridized carbons (Fsp3) is 0.333. The first-order valence-electron chi connectivity index (χ1n) is 4.17. The summed E-state index contributed by atoms with van der Waals surface area (Å²) in [5, 5.41) is 0. The Labute approximate surface area is 83.9 Å². The van der Waals surface area contributed by atoms with Gasteiger partial charge in [-0.3, -0.25) is 4.79 Å². The molecular weight excluding hydrogens is 211 g/mol. The molecule has 1 aromatic rings. The fourth-order valence-corrected chi connectivity index (χ4v) is 0.797. The van der Waals surface area contributed by atoms with Crippen LogP contribution in [0.15, 0.2) is 18.3 Å². The van der Waals surface area contributed by atoms with Gasteiger partial charge in [-0.05, 0) is 6.07 Å². The lowest BCUT2D eigenvalue weighted by molar-refractivity contribution is -0.137. The number of hydrogen-bond acceptors (Lipinski definition) is 3. The predicted octanol–water partition coefficient (Wildman–Crippen LogP) is 2.42. The molecule has 0 aliphatic carbocycles. The normalized spacial score (nSPS) is 11.2. The zero-order valence-electron chi connectivity index (χ0n) is 7.84. The molecule has 0 N–H and O–H groups in total. The third kappa shape index (κ3) is 3.23. The van der Waals surface area contributed by atoms with Crippen LogP contribution in [0.25, 0.3) is 0 Å². The highest BCUT2D eigenvalue weighted by Gasteiger charge is 2.30. The number of carbonyl (C=O) groups is 1. The maximum Gasteiger partial charge on any atom is 0.417 e. The summed E-state index contributed by atoms with van der Waals surface area (Å²) in [5.74, 6) is -0.669. The molecule has 1 rings (SSSR count). The average Bonchev–Trinajstić information content (AvgIpc) is 2.17. The van der Waals surface area contributed by atoms with Crippen LogP contribution in [0.3, 0.4) is 0 Å². The Hall–Kier alpha value is -1.59. The summed E-state index contributed by atoms with van der Waals surface area (Å²) < 4.78 is 40.9. The van der Waals surface area contributed by atoms with Crippen molar-refractivity contribution in [1.29, 1.82) is 0 Å². The summed E-state index contributed by atoms with van der Waals surface area (Å²) in [6.45, 7) is 1.58. The number of esters is 1. The van der Waals surface area contributed by atoms with Gasteiger partial charge in [0.1, 0.15) is 0 Å². The van der Waals surface area contributed by atoms with Crippen molar-refractivity contribution in [3.63, 3.8) is 0 Å². The SMILES string of the molecule is CCC(=O)Oc1ccc(C(F)(F)F)cn1. The number of alkyl halides is 3. The van der Waals surface area contributed by atoms with E-state index in [4.69, 9.17) is 0 Å². The highest BCUT2D eigenvalue weighted by atomic mass is 19.4. The van der Waals surface area contributed by atoms with E-state index in [9.17, 15) is 18.0 Å². The van der Waals surface area contributed by atoms with Crippen LogP contribution < -0.4 is 4.74 Å². The molecule has 0 aliphatic heterocycles. The molecule has 3 nitrogen and oxygen atoms in total. The van der Waals surface area contributed by atoms with Gasteiger partial charge in [0.2, 0.25) is 5.88 Å². The number of pyridine rings is 1. The van der Waals surface area contributed by atoms with Gasteiger partial charge in [-0.2, -0.15) is 13.2 Å². The minimum Gasteiger partial charge on any atom is -0.407 e. The Balaban J connectivity index is 2.77. The molecule has 0 bridgehead atoms. The molecular formula is C9H8F3NO2. The van der Waals surface area contributed by atoms with Crippen LogP contribution >= 0.6 is 0 Å². The quantitative estimate of drug-likeness (QED) is 0.717. The Morgan fingerprint density at radius 1 is 1.47 bits per heavy atom. The number of rotatable bonds is 2. The molecule has 0 spiro atoms. The summed E-state index contributed by atoms with van der Waals surface area (Å²) in [6, 6.07) is 1.82. The average molecular weight is 219 g/mol. The second-order valence-corrected chi connectivity index (χ2v) is 2.71. The van der Waals surface area contributed by atoms with Crippen LogP contribution in [0.1, 0.15) is 18.9 Å². The van der Waals surface area contributed by atoms with Crippen LogP contribution in [-0.4, -0.2) is 11.0 Å². The number of hydrogen-bond donors (Lipinski definition) is 0. The summed E-state index contributed by atoms with van der Waals surface area (Å²) in [5.41, 5.74) is -0.876. The Kier molecular flexibility index (Phi) is 3.28. The van der Waals surface area contributed by atoms with E-state index in [1.165, 1.54) is 0 Å². The van der Waals surface area contributed by atoms with Crippen molar-refractivity contribution in [3.8, 4) is 5.88 Å². The fourth-order valence-electron chi connectivity index (χ4n) is 0.797. The van der Waals surface area contributed by atoms with E-state index >= 15 is 0 Å². The van der Waals surface area contributed by atoms with Crippen LogP contribution in [0.2, 0.25) is 0 Å². The van der Waals surface area contributed by atoms with Crippen LogP contribution in [0.5, 0.6) is 5.88 Å². The van der Waals surface area contributed by atoms with Crippen molar-refractivity contribution in [2.24, 2.45) is 0 Å². The van der Waals surface area contributed by atoms with E-state index in [1.54, 1.807) is 6.92 Å². The first-order valence-corrected chi connectivity index (χ1v) is 4.17. The van der Waals surface area contributed by atoms with Gasteiger partial charge in [0.25, 0.3) is 0 Å². The molecule has 0 saturated heterocycles. The second-order valence-electron chi connectivity index (χ2n) is 2.71. The zero-order valence-corrected chi connectivity index (χ0v) is 7.84. The monoisotopic (exact) mass is 219 g/mol. The maximum atomic E-state index is 12.1. The Morgan fingerprint density at radius 3 is 2.53 bits per heavy atom. The Bertz CT molecular complexity index is 345. The summed E-state index contributed by atoms with van der Waals surface area (Å²) in [7, 11) is 0. The number of ether oxygens (including phenoxy) is 1. The molecule has 15 heavy (non-hydrogen) atoms. The Morgan fingerprint density at radius 2 is 2.13 bits per heavy atom. The molecule has 6 heteroatoms. The second kappa shape index (κ2) is 4.29. The molecule has 0 fully saturated rings. The van der Waals surface area contributed by atoms with E-state index in [1.807, 2.05) is 0 Å². The molecule has 0 atom stereocenters. The van der Waals surface area contributed by atoms with E-state index < -0.39 is 17.7 Å². The highest BCUT2D eigenvalue weighted by molar-refractivity contribution is 5.71. The highest BCUT2D eigenvalue weighted by Crippen LogP contribution is 2.29. The third-order valence-electron chi connectivity index (χ3n) is 1.57. The molecule has 82 valence electrons. The summed E-state index contributed by atoms with van der Waals surface area (Å²) >= 11 is 0. The lowest BCUT2D eigenvalue weighted by atomic mass is 10.3. The number of carbonyl (C=O) groups excluding carboxylic acids is 1. The zero-order chi connectivity index (χ0) is 11.5. The number of aromatic nitrogens is 1. The number of halogens is 3. The lowest BCUT2D eigenvalue weighted by Crippen LogP contribution is -2.09. The molecule has 0 aromatic carbocycles. The van der Waals surface area contributed by atoms with Crippen LogP contribution in [0, 0.1) is 0 Å². The molecule has 0 amide bonds. The summed E-state index contributed by atoms with van der Waals surface area (Å²) in [4.78, 5) is 14.1. The maximum absolute atomic E-state index is 12.1. The largest absolute Gasteiger partial charge is 0.417 e. The van der Waals surface area contributed by atoms with Gasteiger partial charge >= 0.3 is 12.1 Å². The van der Waals surface area contributed by atoms with E-state index in [-0.39, 0.29) is 12.3 Å². The van der Waals surface area contributed by atoms with Crippen molar-refractivity contribution >= 4 is 5.97 Å². The van der Waals surface area contributed by atoms with E-state index in [0.29, 0.717) is 6.20 Å². The minimum absolute atomic E-state index is 0.130. The van der Waals surface area contributed by atoms with Gasteiger partial charge in [-0.15, -0.1) is 0 Å². The first kappa shape index (κ1) is 11.5. The minimum atomic E-state index is -4.43. The standard InChI is InChI=1S/C9H8F3NO2/c1-2-8(14)15-7-4-3-6(5-13-7)9(10,11)12/h3-5H,2H2,1H3. The number of nitrogens with zero attached hydrogens (tertiary/aromatic N) is 1. The van der Waals surface area contributed by atoms with Crippen molar-refractivity contribution in [2.75, 3.05) is 0 Å². The van der Waals surface area contributed by atoms with Gasteiger partial charge < -0.3 is 4.74 Å². The molecule has 0 radical (unpaired) electrons. The lowest BCUT2D eigenvalue weighted by Gasteiger charge is -2.06.